The van der Waals surface area contributed by atoms with E-state index in [0.29, 0.717) is 28.8 Å². The van der Waals surface area contributed by atoms with Gasteiger partial charge in [-0.3, -0.25) is 4.90 Å². The second kappa shape index (κ2) is 12.9. The van der Waals surface area contributed by atoms with Crippen LogP contribution in [0.4, 0.5) is 10.5 Å². The van der Waals surface area contributed by atoms with E-state index in [1.54, 1.807) is 18.2 Å². The summed E-state index contributed by atoms with van der Waals surface area (Å²) in [6.45, 7) is 5.30. The molecule has 0 aromatic heterocycles. The van der Waals surface area contributed by atoms with Gasteiger partial charge in [0.25, 0.3) is 0 Å². The van der Waals surface area contributed by atoms with Crippen molar-refractivity contribution in [1.82, 2.24) is 9.80 Å². The van der Waals surface area contributed by atoms with Gasteiger partial charge in [0.15, 0.2) is 0 Å². The quantitative estimate of drug-likeness (QED) is 0.362. The summed E-state index contributed by atoms with van der Waals surface area (Å²) < 4.78 is 5.47. The number of urea groups is 1. The summed E-state index contributed by atoms with van der Waals surface area (Å²) >= 11 is 12.2. The van der Waals surface area contributed by atoms with E-state index in [2.05, 4.69) is 58.7 Å². The Hall–Kier alpha value is -2.57. The summed E-state index contributed by atoms with van der Waals surface area (Å²) in [7, 11) is 0. The molecule has 1 heterocycles. The topological polar surface area (TPSA) is 44.8 Å². The zero-order valence-electron chi connectivity index (χ0n) is 19.7. The van der Waals surface area contributed by atoms with E-state index in [-0.39, 0.29) is 11.9 Å². The van der Waals surface area contributed by atoms with Crippen molar-refractivity contribution in [3.05, 3.63) is 100 Å². The van der Waals surface area contributed by atoms with Gasteiger partial charge in [-0.25, -0.2) is 4.79 Å². The molecule has 0 radical (unpaired) electrons. The van der Waals surface area contributed by atoms with Crippen LogP contribution in [0.1, 0.15) is 23.5 Å². The minimum atomic E-state index is -0.142. The number of halogens is 2. The average Bonchev–Trinajstić information content (AvgIpc) is 2.90. The van der Waals surface area contributed by atoms with Gasteiger partial charge in [0.1, 0.15) is 0 Å². The van der Waals surface area contributed by atoms with Crippen LogP contribution in [-0.4, -0.2) is 61.8 Å². The first-order chi connectivity index (χ1) is 17.1. The molecule has 1 N–H and O–H groups in total. The Kier molecular flexibility index (Phi) is 9.43. The van der Waals surface area contributed by atoms with Crippen molar-refractivity contribution in [3.8, 4) is 0 Å². The van der Waals surface area contributed by atoms with E-state index in [9.17, 15) is 4.79 Å². The van der Waals surface area contributed by atoms with Crippen LogP contribution in [0.25, 0.3) is 0 Å². The highest BCUT2D eigenvalue weighted by molar-refractivity contribution is 6.42. The van der Waals surface area contributed by atoms with Gasteiger partial charge in [-0.1, -0.05) is 83.9 Å². The van der Waals surface area contributed by atoms with Gasteiger partial charge < -0.3 is 15.0 Å². The SMILES string of the molecule is O=C(Nc1ccc(Cl)c(Cl)c1)N(CCC(c1ccccc1)c1ccccc1)CCN1CCOCC1. The summed E-state index contributed by atoms with van der Waals surface area (Å²) in [4.78, 5) is 17.6. The summed E-state index contributed by atoms with van der Waals surface area (Å²) in [6.07, 6.45) is 0.811. The molecule has 4 rings (SSSR count). The lowest BCUT2D eigenvalue weighted by Gasteiger charge is -2.31. The van der Waals surface area contributed by atoms with Crippen LogP contribution in [0, 0.1) is 0 Å². The van der Waals surface area contributed by atoms with E-state index in [1.165, 1.54) is 11.1 Å². The lowest BCUT2D eigenvalue weighted by atomic mass is 9.88. The normalized spacial score (nSPS) is 14.1. The summed E-state index contributed by atoms with van der Waals surface area (Å²) in [5.74, 6) is 0.195. The molecule has 2 amide bonds. The van der Waals surface area contributed by atoms with Gasteiger partial charge in [0.05, 0.1) is 23.3 Å². The zero-order valence-corrected chi connectivity index (χ0v) is 21.2. The molecule has 1 saturated heterocycles. The molecular weight excluding hydrogens is 481 g/mol. The minimum absolute atomic E-state index is 0.142. The van der Waals surface area contributed by atoms with Crippen LogP contribution in [-0.2, 0) is 4.74 Å². The van der Waals surface area contributed by atoms with Gasteiger partial charge >= 0.3 is 6.03 Å². The maximum atomic E-state index is 13.4. The summed E-state index contributed by atoms with van der Waals surface area (Å²) in [5.41, 5.74) is 3.12. The van der Waals surface area contributed by atoms with E-state index in [4.69, 9.17) is 27.9 Å². The standard InChI is InChI=1S/C28H31Cl2N3O2/c29-26-12-11-24(21-27(26)30)31-28(34)33(16-15-32-17-19-35-20-18-32)14-13-25(22-7-3-1-4-8-22)23-9-5-2-6-10-23/h1-12,21,25H,13-20H2,(H,31,34). The first kappa shape index (κ1) is 25.5. The third-order valence-electron chi connectivity index (χ3n) is 6.34. The number of hydrogen-bond donors (Lipinski definition) is 1. The predicted octanol–water partition coefficient (Wildman–Crippen LogP) is 6.38. The number of anilines is 1. The molecule has 3 aromatic rings. The zero-order chi connectivity index (χ0) is 24.5. The van der Waals surface area contributed by atoms with E-state index in [0.717, 1.165) is 39.3 Å². The second-order valence-corrected chi connectivity index (χ2v) is 9.48. The highest BCUT2D eigenvalue weighted by atomic mass is 35.5. The molecule has 184 valence electrons. The van der Waals surface area contributed by atoms with Gasteiger partial charge in [-0.05, 0) is 35.7 Å². The Balaban J connectivity index is 1.49. The van der Waals surface area contributed by atoms with Crippen LogP contribution in [0.3, 0.4) is 0 Å². The van der Waals surface area contributed by atoms with Crippen molar-refractivity contribution in [2.45, 2.75) is 12.3 Å². The Morgan fingerprint density at radius 3 is 2.11 bits per heavy atom. The van der Waals surface area contributed by atoms with Gasteiger partial charge in [-0.2, -0.15) is 0 Å². The van der Waals surface area contributed by atoms with Crippen molar-refractivity contribution < 1.29 is 9.53 Å². The molecule has 0 spiro atoms. The number of nitrogens with one attached hydrogen (secondary N) is 1. The van der Waals surface area contributed by atoms with E-state index < -0.39 is 0 Å². The van der Waals surface area contributed by atoms with Crippen LogP contribution < -0.4 is 5.32 Å². The first-order valence-electron chi connectivity index (χ1n) is 12.0. The molecule has 3 aromatic carbocycles. The van der Waals surface area contributed by atoms with Crippen molar-refractivity contribution in [1.29, 1.82) is 0 Å². The molecule has 0 saturated carbocycles. The van der Waals surface area contributed by atoms with Crippen LogP contribution in [0.15, 0.2) is 78.9 Å². The van der Waals surface area contributed by atoms with Gasteiger partial charge in [0.2, 0.25) is 0 Å². The number of ether oxygens (including phenoxy) is 1. The fourth-order valence-electron chi connectivity index (χ4n) is 4.36. The molecule has 0 aliphatic carbocycles. The number of hydrogen-bond acceptors (Lipinski definition) is 3. The molecule has 1 aliphatic rings. The number of carbonyl (C=O) groups is 1. The maximum absolute atomic E-state index is 13.4. The minimum Gasteiger partial charge on any atom is -0.379 e. The molecule has 0 unspecified atom stereocenters. The first-order valence-corrected chi connectivity index (χ1v) is 12.8. The Morgan fingerprint density at radius 2 is 1.51 bits per heavy atom. The fraction of sp³-hybridized carbons (Fsp3) is 0.321. The summed E-state index contributed by atoms with van der Waals surface area (Å²) in [6, 6.07) is 26.0. The molecular formula is C28H31Cl2N3O2. The van der Waals surface area contributed by atoms with Crippen LogP contribution in [0.5, 0.6) is 0 Å². The third-order valence-corrected chi connectivity index (χ3v) is 7.08. The molecule has 0 bridgehead atoms. The summed E-state index contributed by atoms with van der Waals surface area (Å²) in [5, 5.41) is 3.88. The number of carbonyl (C=O) groups excluding carboxylic acids is 1. The fourth-order valence-corrected chi connectivity index (χ4v) is 4.66. The Morgan fingerprint density at radius 1 is 0.886 bits per heavy atom. The van der Waals surface area contributed by atoms with Crippen LogP contribution >= 0.6 is 23.2 Å². The predicted molar refractivity (Wildman–Crippen MR) is 144 cm³/mol. The lowest BCUT2D eigenvalue weighted by molar-refractivity contribution is 0.0351. The molecule has 0 atom stereocenters. The maximum Gasteiger partial charge on any atom is 0.321 e. The molecule has 35 heavy (non-hydrogen) atoms. The van der Waals surface area contributed by atoms with Crippen LogP contribution in [0.2, 0.25) is 10.0 Å². The largest absolute Gasteiger partial charge is 0.379 e. The van der Waals surface area contributed by atoms with Crippen molar-refractivity contribution >= 4 is 34.9 Å². The Labute approximate surface area is 217 Å². The third kappa shape index (κ3) is 7.45. The highest BCUT2D eigenvalue weighted by Gasteiger charge is 2.21. The van der Waals surface area contributed by atoms with E-state index >= 15 is 0 Å². The molecule has 1 fully saturated rings. The number of morpholine rings is 1. The van der Waals surface area contributed by atoms with E-state index in [1.807, 2.05) is 17.0 Å². The van der Waals surface area contributed by atoms with Crippen molar-refractivity contribution in [2.24, 2.45) is 0 Å². The average molecular weight is 512 g/mol. The lowest BCUT2D eigenvalue weighted by Crippen LogP contribution is -2.44. The number of amides is 2. The van der Waals surface area contributed by atoms with Crippen molar-refractivity contribution in [3.63, 3.8) is 0 Å². The second-order valence-electron chi connectivity index (χ2n) is 8.66. The van der Waals surface area contributed by atoms with Gasteiger partial charge in [0, 0.05) is 44.3 Å². The van der Waals surface area contributed by atoms with Gasteiger partial charge in [-0.15, -0.1) is 0 Å². The number of benzene rings is 3. The number of rotatable bonds is 9. The molecule has 1 aliphatic heterocycles. The van der Waals surface area contributed by atoms with Crippen molar-refractivity contribution in [2.75, 3.05) is 51.3 Å². The smallest absolute Gasteiger partial charge is 0.321 e. The monoisotopic (exact) mass is 511 g/mol. The number of nitrogens with zero attached hydrogens (tertiary/aromatic N) is 2. The highest BCUT2D eigenvalue weighted by Crippen LogP contribution is 2.29. The molecule has 5 nitrogen and oxygen atoms in total. The Bertz CT molecular complexity index is 1040. The molecule has 7 heteroatoms.